The molecule has 0 bridgehead atoms. The quantitative estimate of drug-likeness (QED) is 0.617. The fraction of sp³-hybridized carbons (Fsp3) is 0.176. The molecule has 0 fully saturated rings. The zero-order valence-corrected chi connectivity index (χ0v) is 11.1. The molecule has 0 unspecified atom stereocenters. The Kier molecular flexibility index (Phi) is 3.61. The van der Waals surface area contributed by atoms with Crippen molar-refractivity contribution in [3.63, 3.8) is 0 Å². The van der Waals surface area contributed by atoms with E-state index in [-0.39, 0.29) is 5.78 Å². The van der Waals surface area contributed by atoms with Gasteiger partial charge in [-0.15, -0.1) is 0 Å². The fourth-order valence-corrected chi connectivity index (χ4v) is 2.05. The van der Waals surface area contributed by atoms with E-state index in [1.807, 2.05) is 50.2 Å². The maximum atomic E-state index is 12.5. The molecule has 19 heavy (non-hydrogen) atoms. The van der Waals surface area contributed by atoms with Crippen LogP contribution in [-0.2, 0) is 10.2 Å². The van der Waals surface area contributed by atoms with Crippen LogP contribution < -0.4 is 0 Å². The highest BCUT2D eigenvalue weighted by molar-refractivity contribution is 6.10. The Labute approximate surface area is 113 Å². The average molecular weight is 252 g/mol. The normalized spacial score (nSPS) is 11.1. The van der Waals surface area contributed by atoms with Gasteiger partial charge in [-0.2, -0.15) is 0 Å². The third-order valence-corrected chi connectivity index (χ3v) is 3.20. The number of carbonyl (C=O) groups is 2. The molecule has 0 radical (unpaired) electrons. The maximum Gasteiger partial charge on any atom is 0.193 e. The second-order valence-corrected chi connectivity index (χ2v) is 5.08. The van der Waals surface area contributed by atoms with E-state index in [0.29, 0.717) is 11.1 Å². The van der Waals surface area contributed by atoms with Crippen molar-refractivity contribution in [2.75, 3.05) is 0 Å². The molecule has 2 aromatic carbocycles. The van der Waals surface area contributed by atoms with Crippen LogP contribution in [0.2, 0.25) is 0 Å². The van der Waals surface area contributed by atoms with E-state index < -0.39 is 5.41 Å². The second kappa shape index (κ2) is 5.19. The molecule has 2 aromatic rings. The lowest BCUT2D eigenvalue weighted by Gasteiger charge is -2.20. The van der Waals surface area contributed by atoms with Gasteiger partial charge in [0.1, 0.15) is 6.29 Å². The largest absolute Gasteiger partial charge is 0.302 e. The standard InChI is InChI=1S/C17H16O2/c1-17(2,12-18)15-11-7-6-10-14(15)16(19)13-8-4-3-5-9-13/h3-12H,1-2H3. The Bertz CT molecular complexity index is 598. The van der Waals surface area contributed by atoms with Gasteiger partial charge in [0, 0.05) is 16.5 Å². The number of rotatable bonds is 4. The van der Waals surface area contributed by atoms with E-state index in [4.69, 9.17) is 0 Å². The molecule has 0 aromatic heterocycles. The van der Waals surface area contributed by atoms with Gasteiger partial charge < -0.3 is 4.79 Å². The van der Waals surface area contributed by atoms with Crippen LogP contribution in [0.15, 0.2) is 54.6 Å². The summed E-state index contributed by atoms with van der Waals surface area (Å²) in [4.78, 5) is 23.7. The van der Waals surface area contributed by atoms with Crippen LogP contribution in [0, 0.1) is 0 Å². The predicted molar refractivity (Wildman–Crippen MR) is 75.4 cm³/mol. The third-order valence-electron chi connectivity index (χ3n) is 3.20. The van der Waals surface area contributed by atoms with Crippen molar-refractivity contribution in [1.29, 1.82) is 0 Å². The van der Waals surface area contributed by atoms with Crippen LogP contribution in [0.5, 0.6) is 0 Å². The van der Waals surface area contributed by atoms with Crippen molar-refractivity contribution in [3.8, 4) is 0 Å². The average Bonchev–Trinajstić information content (AvgIpc) is 2.47. The summed E-state index contributed by atoms with van der Waals surface area (Å²) in [6.45, 7) is 3.63. The molecule has 0 N–H and O–H groups in total. The van der Waals surface area contributed by atoms with E-state index in [1.54, 1.807) is 18.2 Å². The lowest BCUT2D eigenvalue weighted by Crippen LogP contribution is -2.22. The lowest BCUT2D eigenvalue weighted by atomic mass is 9.81. The van der Waals surface area contributed by atoms with E-state index >= 15 is 0 Å². The summed E-state index contributed by atoms with van der Waals surface area (Å²) in [5.41, 5.74) is 1.32. The molecule has 2 rings (SSSR count). The van der Waals surface area contributed by atoms with Gasteiger partial charge in [-0.3, -0.25) is 4.79 Å². The van der Waals surface area contributed by atoms with E-state index in [2.05, 4.69) is 0 Å². The van der Waals surface area contributed by atoms with Crippen molar-refractivity contribution in [1.82, 2.24) is 0 Å². The zero-order chi connectivity index (χ0) is 13.9. The molecule has 0 aliphatic carbocycles. The molecule has 2 heteroatoms. The van der Waals surface area contributed by atoms with Gasteiger partial charge in [0.05, 0.1) is 0 Å². The first-order valence-corrected chi connectivity index (χ1v) is 6.22. The predicted octanol–water partition coefficient (Wildman–Crippen LogP) is 3.39. The molecular formula is C17H16O2. The molecular weight excluding hydrogens is 236 g/mol. The highest BCUT2D eigenvalue weighted by atomic mass is 16.1. The maximum absolute atomic E-state index is 12.5. The molecule has 0 amide bonds. The molecule has 0 heterocycles. The molecule has 2 nitrogen and oxygen atoms in total. The third kappa shape index (κ3) is 2.63. The first kappa shape index (κ1) is 13.2. The molecule has 0 atom stereocenters. The smallest absolute Gasteiger partial charge is 0.193 e. The van der Waals surface area contributed by atoms with Gasteiger partial charge in [0.25, 0.3) is 0 Å². The monoisotopic (exact) mass is 252 g/mol. The second-order valence-electron chi connectivity index (χ2n) is 5.08. The molecule has 0 saturated heterocycles. The van der Waals surface area contributed by atoms with Gasteiger partial charge in [0.15, 0.2) is 5.78 Å². The van der Waals surface area contributed by atoms with Gasteiger partial charge >= 0.3 is 0 Å². The highest BCUT2D eigenvalue weighted by Gasteiger charge is 2.25. The Hall–Kier alpha value is -2.22. The number of ketones is 1. The van der Waals surface area contributed by atoms with Gasteiger partial charge in [-0.1, -0.05) is 54.6 Å². The van der Waals surface area contributed by atoms with Crippen LogP contribution >= 0.6 is 0 Å². The van der Waals surface area contributed by atoms with Crippen molar-refractivity contribution in [2.45, 2.75) is 19.3 Å². The fourth-order valence-electron chi connectivity index (χ4n) is 2.05. The highest BCUT2D eigenvalue weighted by Crippen LogP contribution is 2.26. The molecule has 0 saturated carbocycles. The Balaban J connectivity index is 2.52. The molecule has 96 valence electrons. The molecule has 0 spiro atoms. The van der Waals surface area contributed by atoms with Gasteiger partial charge in [-0.05, 0) is 19.4 Å². The van der Waals surface area contributed by atoms with Crippen molar-refractivity contribution >= 4 is 12.1 Å². The van der Waals surface area contributed by atoms with E-state index in [9.17, 15) is 9.59 Å². The Morgan fingerprint density at radius 1 is 0.947 bits per heavy atom. The first-order valence-electron chi connectivity index (χ1n) is 6.22. The van der Waals surface area contributed by atoms with E-state index in [0.717, 1.165) is 11.8 Å². The molecule has 0 aliphatic rings. The number of aldehydes is 1. The van der Waals surface area contributed by atoms with E-state index in [1.165, 1.54) is 0 Å². The van der Waals surface area contributed by atoms with Crippen LogP contribution in [0.25, 0.3) is 0 Å². The van der Waals surface area contributed by atoms with Crippen molar-refractivity contribution in [2.24, 2.45) is 0 Å². The minimum absolute atomic E-state index is 0.0499. The summed E-state index contributed by atoms with van der Waals surface area (Å²) >= 11 is 0. The zero-order valence-electron chi connectivity index (χ0n) is 11.1. The Morgan fingerprint density at radius 3 is 2.16 bits per heavy atom. The SMILES string of the molecule is CC(C)(C=O)c1ccccc1C(=O)c1ccccc1. The van der Waals surface area contributed by atoms with Crippen LogP contribution in [0.3, 0.4) is 0 Å². The Morgan fingerprint density at radius 2 is 1.53 bits per heavy atom. The number of hydrogen-bond acceptors (Lipinski definition) is 2. The van der Waals surface area contributed by atoms with Gasteiger partial charge in [-0.25, -0.2) is 0 Å². The van der Waals surface area contributed by atoms with Crippen molar-refractivity contribution in [3.05, 3.63) is 71.3 Å². The van der Waals surface area contributed by atoms with Crippen LogP contribution in [-0.4, -0.2) is 12.1 Å². The first-order chi connectivity index (χ1) is 9.06. The number of carbonyl (C=O) groups excluding carboxylic acids is 2. The summed E-state index contributed by atoms with van der Waals surface area (Å²) < 4.78 is 0. The van der Waals surface area contributed by atoms with Gasteiger partial charge in [0.2, 0.25) is 0 Å². The number of hydrogen-bond donors (Lipinski definition) is 0. The topological polar surface area (TPSA) is 34.1 Å². The van der Waals surface area contributed by atoms with Crippen molar-refractivity contribution < 1.29 is 9.59 Å². The summed E-state index contributed by atoms with van der Waals surface area (Å²) in [5, 5.41) is 0. The van der Waals surface area contributed by atoms with Crippen LogP contribution in [0.1, 0.15) is 35.3 Å². The summed E-state index contributed by atoms with van der Waals surface area (Å²) in [6.07, 6.45) is 0.879. The lowest BCUT2D eigenvalue weighted by molar-refractivity contribution is -0.111. The minimum Gasteiger partial charge on any atom is -0.302 e. The van der Waals surface area contributed by atoms with Crippen LogP contribution in [0.4, 0.5) is 0 Å². The molecule has 0 aliphatic heterocycles. The number of benzene rings is 2. The summed E-state index contributed by atoms with van der Waals surface area (Å²) in [5.74, 6) is -0.0499. The summed E-state index contributed by atoms with van der Waals surface area (Å²) in [7, 11) is 0. The minimum atomic E-state index is -0.666. The summed E-state index contributed by atoms with van der Waals surface area (Å²) in [6, 6.07) is 16.4.